The van der Waals surface area contributed by atoms with E-state index in [-0.39, 0.29) is 17.5 Å². The molecule has 27 heavy (non-hydrogen) atoms. The molecule has 0 radical (unpaired) electrons. The summed E-state index contributed by atoms with van der Waals surface area (Å²) in [6.07, 6.45) is 4.15. The Bertz CT molecular complexity index is 796. The van der Waals surface area contributed by atoms with E-state index >= 15 is 0 Å². The summed E-state index contributed by atoms with van der Waals surface area (Å²) in [5.41, 5.74) is 3.65. The van der Waals surface area contributed by atoms with Crippen molar-refractivity contribution in [2.45, 2.75) is 47.0 Å². The Labute approximate surface area is 161 Å². The number of nitrogens with zero attached hydrogens (tertiary/aromatic N) is 2. The Balaban J connectivity index is 2.24. The molecule has 5 nitrogen and oxygen atoms in total. The van der Waals surface area contributed by atoms with Crippen molar-refractivity contribution < 1.29 is 9.59 Å². The summed E-state index contributed by atoms with van der Waals surface area (Å²) in [6, 6.07) is 9.21. The van der Waals surface area contributed by atoms with Crippen LogP contribution in [-0.2, 0) is 6.42 Å². The van der Waals surface area contributed by atoms with Gasteiger partial charge in [0.1, 0.15) is 5.69 Å². The van der Waals surface area contributed by atoms with E-state index in [0.717, 1.165) is 36.1 Å². The maximum Gasteiger partial charge on any atom is 0.274 e. The molecule has 0 saturated carbocycles. The molecule has 1 heterocycles. The second kappa shape index (κ2) is 9.86. The standard InChI is InChI=1S/C22H29N3O2/c1-5-13-25(14-6-2)22(27)18-11-12-23-19(15-18)21(26)24-20-16(4)9-8-10-17(20)7-3/h8-12,15H,5-7,13-14H2,1-4H3,(H,24,26). The number of rotatable bonds is 8. The van der Waals surface area contributed by atoms with Gasteiger partial charge < -0.3 is 10.2 Å². The average molecular weight is 367 g/mol. The highest BCUT2D eigenvalue weighted by Gasteiger charge is 2.18. The SMILES string of the molecule is CCCN(CCC)C(=O)c1ccnc(C(=O)Nc2c(C)cccc2CC)c1. The summed E-state index contributed by atoms with van der Waals surface area (Å²) >= 11 is 0. The molecule has 0 aliphatic heterocycles. The van der Waals surface area contributed by atoms with Gasteiger partial charge in [-0.1, -0.05) is 39.0 Å². The topological polar surface area (TPSA) is 62.3 Å². The first-order valence-corrected chi connectivity index (χ1v) is 9.66. The average Bonchev–Trinajstić information content (AvgIpc) is 2.68. The highest BCUT2D eigenvalue weighted by molar-refractivity contribution is 6.05. The van der Waals surface area contributed by atoms with Gasteiger partial charge in [-0.05, 0) is 49.4 Å². The van der Waals surface area contributed by atoms with Crippen LogP contribution in [0.15, 0.2) is 36.5 Å². The van der Waals surface area contributed by atoms with Gasteiger partial charge in [-0.3, -0.25) is 14.6 Å². The van der Waals surface area contributed by atoms with Crippen LogP contribution in [0.5, 0.6) is 0 Å². The van der Waals surface area contributed by atoms with E-state index in [4.69, 9.17) is 0 Å². The molecular weight excluding hydrogens is 338 g/mol. The predicted octanol–water partition coefficient (Wildman–Crippen LogP) is 4.47. The number of carbonyl (C=O) groups is 2. The Morgan fingerprint density at radius 1 is 1.07 bits per heavy atom. The predicted molar refractivity (Wildman–Crippen MR) is 109 cm³/mol. The number of aromatic nitrogens is 1. The van der Waals surface area contributed by atoms with Crippen molar-refractivity contribution in [2.75, 3.05) is 18.4 Å². The molecule has 0 aliphatic carbocycles. The highest BCUT2D eigenvalue weighted by atomic mass is 16.2. The zero-order chi connectivity index (χ0) is 19.8. The van der Waals surface area contributed by atoms with E-state index in [1.54, 1.807) is 12.1 Å². The van der Waals surface area contributed by atoms with Gasteiger partial charge in [0.05, 0.1) is 0 Å². The van der Waals surface area contributed by atoms with Crippen molar-refractivity contribution >= 4 is 17.5 Å². The fourth-order valence-corrected chi connectivity index (χ4v) is 3.10. The number of carbonyl (C=O) groups excluding carboxylic acids is 2. The number of aryl methyl sites for hydroxylation is 2. The number of nitrogens with one attached hydrogen (secondary N) is 1. The van der Waals surface area contributed by atoms with Crippen LogP contribution in [0.3, 0.4) is 0 Å². The Morgan fingerprint density at radius 3 is 2.41 bits per heavy atom. The van der Waals surface area contributed by atoms with Crippen LogP contribution in [0.4, 0.5) is 5.69 Å². The van der Waals surface area contributed by atoms with Crippen LogP contribution in [0, 0.1) is 6.92 Å². The molecule has 2 rings (SSSR count). The van der Waals surface area contributed by atoms with Crippen molar-refractivity contribution in [1.29, 1.82) is 0 Å². The third kappa shape index (κ3) is 5.16. The molecule has 0 fully saturated rings. The number of hydrogen-bond acceptors (Lipinski definition) is 3. The number of anilines is 1. The second-order valence-electron chi connectivity index (χ2n) is 6.64. The van der Waals surface area contributed by atoms with Gasteiger partial charge in [0.25, 0.3) is 11.8 Å². The normalized spacial score (nSPS) is 10.5. The fourth-order valence-electron chi connectivity index (χ4n) is 3.10. The Kier molecular flexibility index (Phi) is 7.53. The lowest BCUT2D eigenvalue weighted by molar-refractivity contribution is 0.0755. The summed E-state index contributed by atoms with van der Waals surface area (Å²) in [7, 11) is 0. The molecule has 5 heteroatoms. The largest absolute Gasteiger partial charge is 0.339 e. The van der Waals surface area contributed by atoms with Crippen LogP contribution in [0.1, 0.15) is 65.6 Å². The summed E-state index contributed by atoms with van der Waals surface area (Å²) in [6.45, 7) is 9.54. The molecule has 0 saturated heterocycles. The minimum Gasteiger partial charge on any atom is -0.339 e. The van der Waals surface area contributed by atoms with Crippen molar-refractivity contribution in [3.8, 4) is 0 Å². The van der Waals surface area contributed by atoms with Crippen LogP contribution in [0.2, 0.25) is 0 Å². The first-order chi connectivity index (χ1) is 13.0. The van der Waals surface area contributed by atoms with Crippen molar-refractivity contribution in [3.63, 3.8) is 0 Å². The second-order valence-corrected chi connectivity index (χ2v) is 6.64. The van der Waals surface area contributed by atoms with Crippen LogP contribution in [-0.4, -0.2) is 34.8 Å². The molecule has 1 aromatic heterocycles. The van der Waals surface area contributed by atoms with Crippen LogP contribution >= 0.6 is 0 Å². The van der Waals surface area contributed by atoms with Gasteiger partial charge in [-0.2, -0.15) is 0 Å². The highest BCUT2D eigenvalue weighted by Crippen LogP contribution is 2.22. The zero-order valence-electron chi connectivity index (χ0n) is 16.7. The summed E-state index contributed by atoms with van der Waals surface area (Å²) in [5, 5.41) is 2.97. The van der Waals surface area contributed by atoms with E-state index in [1.807, 2.05) is 30.0 Å². The van der Waals surface area contributed by atoms with Gasteiger partial charge in [0.2, 0.25) is 0 Å². The maximum atomic E-state index is 12.8. The zero-order valence-corrected chi connectivity index (χ0v) is 16.7. The summed E-state index contributed by atoms with van der Waals surface area (Å²) in [4.78, 5) is 31.5. The van der Waals surface area contributed by atoms with E-state index in [0.29, 0.717) is 18.7 Å². The van der Waals surface area contributed by atoms with Gasteiger partial charge in [-0.15, -0.1) is 0 Å². The van der Waals surface area contributed by atoms with Gasteiger partial charge >= 0.3 is 0 Å². The van der Waals surface area contributed by atoms with E-state index in [9.17, 15) is 9.59 Å². The molecule has 1 aromatic carbocycles. The first-order valence-electron chi connectivity index (χ1n) is 9.66. The third-order valence-electron chi connectivity index (χ3n) is 4.49. The molecule has 0 spiro atoms. The maximum absolute atomic E-state index is 12.8. The molecule has 0 bridgehead atoms. The number of amides is 2. The lowest BCUT2D eigenvalue weighted by atomic mass is 10.1. The molecule has 144 valence electrons. The molecular formula is C22H29N3O2. The van der Waals surface area contributed by atoms with Crippen molar-refractivity contribution in [2.24, 2.45) is 0 Å². The van der Waals surface area contributed by atoms with Gasteiger partial charge in [0.15, 0.2) is 0 Å². The van der Waals surface area contributed by atoms with E-state index in [2.05, 4.69) is 31.1 Å². The Hall–Kier alpha value is -2.69. The molecule has 0 aliphatic rings. The minimum absolute atomic E-state index is 0.0553. The summed E-state index contributed by atoms with van der Waals surface area (Å²) in [5.74, 6) is -0.355. The van der Waals surface area contributed by atoms with Crippen LogP contribution < -0.4 is 5.32 Å². The van der Waals surface area contributed by atoms with E-state index < -0.39 is 0 Å². The monoisotopic (exact) mass is 367 g/mol. The summed E-state index contributed by atoms with van der Waals surface area (Å²) < 4.78 is 0. The third-order valence-corrected chi connectivity index (χ3v) is 4.49. The number of pyridine rings is 1. The molecule has 2 amide bonds. The fraction of sp³-hybridized carbons (Fsp3) is 0.409. The number of benzene rings is 1. The van der Waals surface area contributed by atoms with Gasteiger partial charge in [0, 0.05) is 30.5 Å². The minimum atomic E-state index is -0.300. The molecule has 1 N–H and O–H groups in total. The number of para-hydroxylation sites is 1. The molecule has 2 aromatic rings. The molecule has 0 unspecified atom stereocenters. The molecule has 0 atom stereocenters. The Morgan fingerprint density at radius 2 is 1.78 bits per heavy atom. The van der Waals surface area contributed by atoms with Gasteiger partial charge in [-0.25, -0.2) is 0 Å². The van der Waals surface area contributed by atoms with Crippen molar-refractivity contribution in [3.05, 3.63) is 58.9 Å². The first kappa shape index (κ1) is 20.6. The number of hydrogen-bond donors (Lipinski definition) is 1. The van der Waals surface area contributed by atoms with E-state index in [1.165, 1.54) is 6.20 Å². The van der Waals surface area contributed by atoms with Crippen molar-refractivity contribution in [1.82, 2.24) is 9.88 Å². The smallest absolute Gasteiger partial charge is 0.274 e. The quantitative estimate of drug-likeness (QED) is 0.749. The lowest BCUT2D eigenvalue weighted by Crippen LogP contribution is -2.32. The van der Waals surface area contributed by atoms with Crippen LogP contribution in [0.25, 0.3) is 0 Å². The lowest BCUT2D eigenvalue weighted by Gasteiger charge is -2.21.